The third-order valence-corrected chi connectivity index (χ3v) is 3.61. The van der Waals surface area contributed by atoms with Crippen molar-refractivity contribution < 1.29 is 10.4 Å². The number of oxime groups is 1. The second kappa shape index (κ2) is 4.59. The number of nitrogens with zero attached hydrogens (tertiary/aromatic N) is 3. The van der Waals surface area contributed by atoms with Crippen LogP contribution < -0.4 is 0 Å². The van der Waals surface area contributed by atoms with Crippen LogP contribution in [0.3, 0.4) is 0 Å². The Morgan fingerprint density at radius 1 is 1.26 bits per heavy atom. The summed E-state index contributed by atoms with van der Waals surface area (Å²) in [5.74, 6) is 0.374. The summed E-state index contributed by atoms with van der Waals surface area (Å²) in [4.78, 5) is 4.37. The quantitative estimate of drug-likeness (QED) is 0.478. The first-order valence-corrected chi connectivity index (χ1v) is 6.37. The SMILES string of the molecule is ON=C1CCCc2c1nc(-c1ccccc1Cl)n2O. The lowest BCUT2D eigenvalue weighted by atomic mass is 9.99. The van der Waals surface area contributed by atoms with Gasteiger partial charge in [0.1, 0.15) is 11.4 Å². The molecule has 0 saturated carbocycles. The monoisotopic (exact) mass is 277 g/mol. The zero-order valence-corrected chi connectivity index (χ0v) is 10.8. The van der Waals surface area contributed by atoms with Gasteiger partial charge in [-0.1, -0.05) is 28.9 Å². The third-order valence-electron chi connectivity index (χ3n) is 3.28. The summed E-state index contributed by atoms with van der Waals surface area (Å²) in [6, 6.07) is 7.18. The van der Waals surface area contributed by atoms with E-state index < -0.39 is 0 Å². The first-order chi connectivity index (χ1) is 9.22. The van der Waals surface area contributed by atoms with E-state index in [4.69, 9.17) is 16.8 Å². The summed E-state index contributed by atoms with van der Waals surface area (Å²) in [5, 5.41) is 23.0. The zero-order chi connectivity index (χ0) is 13.4. The molecule has 1 heterocycles. The summed E-state index contributed by atoms with van der Waals surface area (Å²) >= 11 is 6.12. The summed E-state index contributed by atoms with van der Waals surface area (Å²) in [5.41, 5.74) is 2.36. The summed E-state index contributed by atoms with van der Waals surface area (Å²) < 4.78 is 1.04. The molecule has 0 bridgehead atoms. The molecule has 0 amide bonds. The van der Waals surface area contributed by atoms with E-state index in [-0.39, 0.29) is 0 Å². The van der Waals surface area contributed by atoms with Crippen LogP contribution in [0.25, 0.3) is 11.4 Å². The average molecular weight is 278 g/mol. The molecule has 0 saturated heterocycles. The standard InChI is InChI=1S/C13H12ClN3O2/c14-9-5-2-1-4-8(9)13-15-12-10(16-18)6-3-7-11(12)17(13)19/h1-2,4-5,18-19H,3,6-7H2. The van der Waals surface area contributed by atoms with Crippen LogP contribution in [-0.4, -0.2) is 25.8 Å². The molecule has 0 fully saturated rings. The topological polar surface area (TPSA) is 70.6 Å². The molecule has 19 heavy (non-hydrogen) atoms. The van der Waals surface area contributed by atoms with Crippen molar-refractivity contribution in [3.05, 3.63) is 40.7 Å². The number of hydrogen-bond acceptors (Lipinski definition) is 4. The molecular formula is C13H12ClN3O2. The molecule has 0 radical (unpaired) electrons. The molecule has 98 valence electrons. The molecule has 0 aliphatic heterocycles. The zero-order valence-electron chi connectivity index (χ0n) is 10.0. The molecule has 1 aromatic heterocycles. The molecular weight excluding hydrogens is 266 g/mol. The van der Waals surface area contributed by atoms with Crippen LogP contribution in [0.15, 0.2) is 29.4 Å². The van der Waals surface area contributed by atoms with Crippen molar-refractivity contribution in [1.29, 1.82) is 0 Å². The number of aromatic nitrogens is 2. The van der Waals surface area contributed by atoms with E-state index >= 15 is 0 Å². The van der Waals surface area contributed by atoms with E-state index in [9.17, 15) is 5.21 Å². The van der Waals surface area contributed by atoms with Crippen LogP contribution >= 0.6 is 11.6 Å². The Morgan fingerprint density at radius 2 is 2.05 bits per heavy atom. The Labute approximate surface area is 114 Å². The van der Waals surface area contributed by atoms with Crippen molar-refractivity contribution in [3.8, 4) is 11.4 Å². The summed E-state index contributed by atoms with van der Waals surface area (Å²) in [7, 11) is 0. The molecule has 1 aliphatic carbocycles. The minimum Gasteiger partial charge on any atom is -0.427 e. The number of fused-ring (bicyclic) bond motifs is 1. The molecule has 0 atom stereocenters. The van der Waals surface area contributed by atoms with E-state index in [0.29, 0.717) is 46.4 Å². The van der Waals surface area contributed by atoms with Crippen molar-refractivity contribution in [2.45, 2.75) is 19.3 Å². The smallest absolute Gasteiger partial charge is 0.177 e. The lowest BCUT2D eigenvalue weighted by molar-refractivity contribution is 0.181. The van der Waals surface area contributed by atoms with Crippen LogP contribution in [-0.2, 0) is 6.42 Å². The highest BCUT2D eigenvalue weighted by Crippen LogP contribution is 2.30. The van der Waals surface area contributed by atoms with Gasteiger partial charge in [0.25, 0.3) is 0 Å². The Bertz CT molecular complexity index is 664. The molecule has 0 unspecified atom stereocenters. The van der Waals surface area contributed by atoms with Crippen LogP contribution in [0.1, 0.15) is 24.2 Å². The van der Waals surface area contributed by atoms with Crippen LogP contribution in [0.5, 0.6) is 0 Å². The van der Waals surface area contributed by atoms with Crippen molar-refractivity contribution >= 4 is 17.3 Å². The number of imidazole rings is 1. The van der Waals surface area contributed by atoms with Gasteiger partial charge in [0.15, 0.2) is 5.82 Å². The fourth-order valence-electron chi connectivity index (χ4n) is 2.36. The second-order valence-corrected chi connectivity index (χ2v) is 4.83. The first-order valence-electron chi connectivity index (χ1n) is 5.99. The second-order valence-electron chi connectivity index (χ2n) is 4.42. The minimum absolute atomic E-state index is 0.374. The van der Waals surface area contributed by atoms with E-state index in [2.05, 4.69) is 10.1 Å². The largest absolute Gasteiger partial charge is 0.427 e. The molecule has 3 rings (SSSR count). The van der Waals surface area contributed by atoms with Gasteiger partial charge >= 0.3 is 0 Å². The van der Waals surface area contributed by atoms with Gasteiger partial charge in [-0.15, -0.1) is 0 Å². The number of hydrogen-bond donors (Lipinski definition) is 2. The van der Waals surface area contributed by atoms with Crippen molar-refractivity contribution in [1.82, 2.24) is 9.71 Å². The maximum Gasteiger partial charge on any atom is 0.177 e. The predicted octanol–water partition coefficient (Wildman–Crippen LogP) is 2.96. The van der Waals surface area contributed by atoms with Crippen LogP contribution in [0.2, 0.25) is 5.02 Å². The van der Waals surface area contributed by atoms with E-state index in [1.165, 1.54) is 0 Å². The van der Waals surface area contributed by atoms with Crippen molar-refractivity contribution in [2.75, 3.05) is 0 Å². The Morgan fingerprint density at radius 3 is 2.79 bits per heavy atom. The number of benzene rings is 1. The molecule has 0 spiro atoms. The van der Waals surface area contributed by atoms with Crippen molar-refractivity contribution in [3.63, 3.8) is 0 Å². The lowest BCUT2D eigenvalue weighted by Crippen LogP contribution is -2.13. The average Bonchev–Trinajstić information content (AvgIpc) is 2.77. The fourth-order valence-corrected chi connectivity index (χ4v) is 2.58. The van der Waals surface area contributed by atoms with E-state index in [0.717, 1.165) is 11.2 Å². The van der Waals surface area contributed by atoms with Crippen LogP contribution in [0, 0.1) is 0 Å². The van der Waals surface area contributed by atoms with E-state index in [1.807, 2.05) is 12.1 Å². The van der Waals surface area contributed by atoms with Gasteiger partial charge in [-0.25, -0.2) is 4.98 Å². The summed E-state index contributed by atoms with van der Waals surface area (Å²) in [6.45, 7) is 0. The Kier molecular flexibility index (Phi) is 2.91. The molecule has 2 N–H and O–H groups in total. The minimum atomic E-state index is 0.374. The highest BCUT2D eigenvalue weighted by Gasteiger charge is 2.26. The maximum absolute atomic E-state index is 10.2. The number of halogens is 1. The molecule has 6 heteroatoms. The van der Waals surface area contributed by atoms with E-state index in [1.54, 1.807) is 12.1 Å². The van der Waals surface area contributed by atoms with Gasteiger partial charge in [-0.2, -0.15) is 4.73 Å². The normalized spacial score (nSPS) is 16.6. The first kappa shape index (κ1) is 12.0. The highest BCUT2D eigenvalue weighted by molar-refractivity contribution is 6.33. The maximum atomic E-state index is 10.2. The van der Waals surface area contributed by atoms with Gasteiger partial charge in [0.05, 0.1) is 10.7 Å². The third kappa shape index (κ3) is 1.86. The van der Waals surface area contributed by atoms with Gasteiger partial charge in [-0.05, 0) is 31.4 Å². The van der Waals surface area contributed by atoms with Gasteiger partial charge in [0.2, 0.25) is 0 Å². The molecule has 1 aliphatic rings. The molecule has 2 aromatic rings. The predicted molar refractivity (Wildman–Crippen MR) is 71.1 cm³/mol. The van der Waals surface area contributed by atoms with Gasteiger partial charge in [0, 0.05) is 5.56 Å². The lowest BCUT2D eigenvalue weighted by Gasteiger charge is -2.11. The molecule has 5 nitrogen and oxygen atoms in total. The van der Waals surface area contributed by atoms with Gasteiger partial charge in [-0.3, -0.25) is 0 Å². The fraction of sp³-hybridized carbons (Fsp3) is 0.231. The Hall–Kier alpha value is -2.01. The summed E-state index contributed by atoms with van der Waals surface area (Å²) in [6.07, 6.45) is 2.17. The van der Waals surface area contributed by atoms with Crippen LogP contribution in [0.4, 0.5) is 0 Å². The van der Waals surface area contributed by atoms with Crippen molar-refractivity contribution in [2.24, 2.45) is 5.16 Å². The number of rotatable bonds is 1. The van der Waals surface area contributed by atoms with Gasteiger partial charge < -0.3 is 10.4 Å². The Balaban J connectivity index is 2.20. The molecule has 1 aromatic carbocycles. The highest BCUT2D eigenvalue weighted by atomic mass is 35.5.